The quantitative estimate of drug-likeness (QED) is 0.691. The van der Waals surface area contributed by atoms with Crippen molar-refractivity contribution in [2.75, 3.05) is 11.6 Å². The monoisotopic (exact) mass is 368 g/mol. The van der Waals surface area contributed by atoms with E-state index >= 15 is 0 Å². The lowest BCUT2D eigenvalue weighted by atomic mass is 10.3. The number of aromatic amines is 1. The molecule has 25 heavy (non-hydrogen) atoms. The van der Waals surface area contributed by atoms with Crippen LogP contribution < -0.4 is 5.32 Å². The second-order valence-corrected chi connectivity index (χ2v) is 5.53. The number of thioether (sulfide) groups is 1. The van der Waals surface area contributed by atoms with Gasteiger partial charge >= 0.3 is 6.18 Å². The fraction of sp³-hybridized carbons (Fsp3) is 0.143. The minimum atomic E-state index is -4.67. The van der Waals surface area contributed by atoms with Crippen molar-refractivity contribution in [2.24, 2.45) is 0 Å². The number of anilines is 1. The molecule has 0 unspecified atom stereocenters. The molecule has 1 amide bonds. The molecule has 2 heterocycles. The molecule has 3 rings (SSSR count). The first-order chi connectivity index (χ1) is 11.9. The van der Waals surface area contributed by atoms with Crippen molar-refractivity contribution in [1.29, 1.82) is 0 Å². The summed E-state index contributed by atoms with van der Waals surface area (Å²) in [7, 11) is 0. The number of H-pyrrole nitrogens is 1. The van der Waals surface area contributed by atoms with Gasteiger partial charge in [-0.05, 0) is 18.4 Å². The van der Waals surface area contributed by atoms with Crippen molar-refractivity contribution >= 4 is 23.6 Å². The van der Waals surface area contributed by atoms with Gasteiger partial charge in [-0.1, -0.05) is 30.0 Å². The number of hydrogen-bond donors (Lipinski definition) is 2. The number of para-hydroxylation sites is 1. The molecular formula is C14H11F3N6OS. The summed E-state index contributed by atoms with van der Waals surface area (Å²) in [5, 5.41) is 7.89. The number of halogens is 3. The molecule has 2 N–H and O–H groups in total. The van der Waals surface area contributed by atoms with Crippen molar-refractivity contribution in [3.05, 3.63) is 48.0 Å². The zero-order chi connectivity index (χ0) is 18.0. The predicted octanol–water partition coefficient (Wildman–Crippen LogP) is 2.98. The van der Waals surface area contributed by atoms with Gasteiger partial charge < -0.3 is 0 Å². The summed E-state index contributed by atoms with van der Waals surface area (Å²) in [6.45, 7) is 0. The molecule has 130 valence electrons. The highest BCUT2D eigenvalue weighted by Gasteiger charge is 2.35. The lowest BCUT2D eigenvalue weighted by Crippen LogP contribution is -2.17. The summed E-state index contributed by atoms with van der Waals surface area (Å²) in [6.07, 6.45) is -1.53. The van der Waals surface area contributed by atoms with Crippen LogP contribution in [0.2, 0.25) is 0 Å². The Balaban J connectivity index is 1.91. The highest BCUT2D eigenvalue weighted by Crippen LogP contribution is 2.26. The first-order valence-corrected chi connectivity index (χ1v) is 8.10. The molecule has 0 aliphatic heterocycles. The normalized spacial score (nSPS) is 11.5. The van der Waals surface area contributed by atoms with Gasteiger partial charge in [0.1, 0.15) is 5.69 Å². The van der Waals surface area contributed by atoms with E-state index in [1.165, 1.54) is 18.0 Å². The number of amides is 1. The number of nitrogens with one attached hydrogen (secondary N) is 2. The molecule has 0 spiro atoms. The van der Waals surface area contributed by atoms with Crippen LogP contribution in [0.4, 0.5) is 19.1 Å². The number of imidazole rings is 1. The minimum absolute atomic E-state index is 0.147. The van der Waals surface area contributed by atoms with Crippen LogP contribution in [0.3, 0.4) is 0 Å². The number of hydrogen-bond acceptors (Lipinski definition) is 5. The molecule has 0 saturated carbocycles. The van der Waals surface area contributed by atoms with Gasteiger partial charge in [-0.25, -0.2) is 4.98 Å². The standard InChI is InChI=1S/C14H11F3N6OS/c1-25-13-18-7-9(23(13)8-5-3-2-4-6-8)10(24)19-12-20-11(21-22-12)14(15,16)17/h2-7H,1H3,(H2,19,20,21,22,24). The van der Waals surface area contributed by atoms with E-state index in [1.807, 2.05) is 6.07 Å². The molecule has 0 saturated heterocycles. The van der Waals surface area contributed by atoms with E-state index in [1.54, 1.807) is 40.2 Å². The van der Waals surface area contributed by atoms with E-state index < -0.39 is 23.9 Å². The number of benzene rings is 1. The second-order valence-electron chi connectivity index (χ2n) is 4.76. The van der Waals surface area contributed by atoms with Gasteiger partial charge in [-0.2, -0.15) is 18.2 Å². The zero-order valence-electron chi connectivity index (χ0n) is 12.7. The summed E-state index contributed by atoms with van der Waals surface area (Å²) in [4.78, 5) is 19.8. The molecule has 7 nitrogen and oxygen atoms in total. The average Bonchev–Trinajstić information content (AvgIpc) is 3.21. The average molecular weight is 368 g/mol. The maximum Gasteiger partial charge on any atom is 0.451 e. The molecule has 0 atom stereocenters. The van der Waals surface area contributed by atoms with Gasteiger partial charge in [-0.3, -0.25) is 19.8 Å². The number of nitrogens with zero attached hydrogens (tertiary/aromatic N) is 4. The third-order valence-electron chi connectivity index (χ3n) is 3.14. The van der Waals surface area contributed by atoms with Crippen LogP contribution in [0, 0.1) is 0 Å². The second kappa shape index (κ2) is 6.59. The highest BCUT2D eigenvalue weighted by molar-refractivity contribution is 7.98. The number of rotatable bonds is 4. The minimum Gasteiger partial charge on any atom is -0.288 e. The van der Waals surface area contributed by atoms with Crippen molar-refractivity contribution < 1.29 is 18.0 Å². The molecule has 11 heteroatoms. The molecule has 0 bridgehead atoms. The Morgan fingerprint density at radius 2 is 2.00 bits per heavy atom. The van der Waals surface area contributed by atoms with E-state index in [2.05, 4.69) is 20.4 Å². The van der Waals surface area contributed by atoms with Gasteiger partial charge in [0.15, 0.2) is 5.16 Å². The molecule has 0 aliphatic rings. The predicted molar refractivity (Wildman–Crippen MR) is 84.7 cm³/mol. The lowest BCUT2D eigenvalue weighted by Gasteiger charge is -2.10. The molecular weight excluding hydrogens is 357 g/mol. The fourth-order valence-electron chi connectivity index (χ4n) is 2.08. The van der Waals surface area contributed by atoms with Crippen molar-refractivity contribution in [1.82, 2.24) is 24.7 Å². The number of alkyl halides is 3. The number of carbonyl (C=O) groups is 1. The van der Waals surface area contributed by atoms with Crippen LogP contribution in [-0.4, -0.2) is 36.9 Å². The number of aromatic nitrogens is 5. The van der Waals surface area contributed by atoms with E-state index in [0.717, 1.165) is 0 Å². The first kappa shape index (κ1) is 17.0. The molecule has 2 aromatic heterocycles. The van der Waals surface area contributed by atoms with Gasteiger partial charge in [0.25, 0.3) is 5.91 Å². The summed E-state index contributed by atoms with van der Waals surface area (Å²) in [5.41, 5.74) is 0.842. The molecule has 3 aromatic rings. The molecule has 0 fully saturated rings. The SMILES string of the molecule is CSc1ncc(C(=O)Nc2n[nH]c(C(F)(F)F)n2)n1-c1ccccc1. The van der Waals surface area contributed by atoms with Gasteiger partial charge in [0, 0.05) is 5.69 Å². The fourth-order valence-corrected chi connectivity index (χ4v) is 2.62. The summed E-state index contributed by atoms with van der Waals surface area (Å²) < 4.78 is 39.2. The van der Waals surface area contributed by atoms with Crippen molar-refractivity contribution in [2.45, 2.75) is 11.3 Å². The van der Waals surface area contributed by atoms with Gasteiger partial charge in [0.05, 0.1) is 6.20 Å². The molecule has 0 radical (unpaired) electrons. The summed E-state index contributed by atoms with van der Waals surface area (Å²) in [6, 6.07) is 8.99. The topological polar surface area (TPSA) is 88.5 Å². The maximum atomic E-state index is 12.5. The molecule has 1 aromatic carbocycles. The Morgan fingerprint density at radius 1 is 1.28 bits per heavy atom. The third-order valence-corrected chi connectivity index (χ3v) is 3.79. The highest BCUT2D eigenvalue weighted by atomic mass is 32.2. The Bertz CT molecular complexity index is 890. The van der Waals surface area contributed by atoms with Crippen LogP contribution in [0.5, 0.6) is 0 Å². The van der Waals surface area contributed by atoms with Crippen LogP contribution in [-0.2, 0) is 6.18 Å². The Hall–Kier alpha value is -2.82. The first-order valence-electron chi connectivity index (χ1n) is 6.88. The zero-order valence-corrected chi connectivity index (χ0v) is 13.5. The Labute approximate surface area is 143 Å². The van der Waals surface area contributed by atoms with Crippen LogP contribution in [0.25, 0.3) is 5.69 Å². The Morgan fingerprint density at radius 3 is 2.60 bits per heavy atom. The van der Waals surface area contributed by atoms with Gasteiger partial charge in [-0.15, -0.1) is 5.10 Å². The largest absolute Gasteiger partial charge is 0.451 e. The number of carbonyl (C=O) groups excluding carboxylic acids is 1. The molecule has 0 aliphatic carbocycles. The van der Waals surface area contributed by atoms with E-state index in [-0.39, 0.29) is 5.69 Å². The van der Waals surface area contributed by atoms with Gasteiger partial charge in [0.2, 0.25) is 11.8 Å². The maximum absolute atomic E-state index is 12.5. The Kier molecular flexibility index (Phi) is 4.49. The van der Waals surface area contributed by atoms with Crippen LogP contribution in [0.1, 0.15) is 16.3 Å². The van der Waals surface area contributed by atoms with E-state index in [0.29, 0.717) is 10.8 Å². The van der Waals surface area contributed by atoms with Crippen LogP contribution >= 0.6 is 11.8 Å². The smallest absolute Gasteiger partial charge is 0.288 e. The van der Waals surface area contributed by atoms with Crippen LogP contribution in [0.15, 0.2) is 41.7 Å². The van der Waals surface area contributed by atoms with E-state index in [9.17, 15) is 18.0 Å². The van der Waals surface area contributed by atoms with Crippen molar-refractivity contribution in [3.63, 3.8) is 0 Å². The summed E-state index contributed by atoms with van der Waals surface area (Å²) in [5.74, 6) is -2.43. The van der Waals surface area contributed by atoms with E-state index in [4.69, 9.17) is 0 Å². The summed E-state index contributed by atoms with van der Waals surface area (Å²) >= 11 is 1.33. The third kappa shape index (κ3) is 3.50. The lowest BCUT2D eigenvalue weighted by molar-refractivity contribution is -0.144. The van der Waals surface area contributed by atoms with Crippen molar-refractivity contribution in [3.8, 4) is 5.69 Å².